The molecule has 0 aliphatic carbocycles. The molecule has 0 saturated carbocycles. The number of aliphatic imine (C=N–C) groups is 1. The van der Waals surface area contributed by atoms with Crippen molar-refractivity contribution in [3.63, 3.8) is 0 Å². The third-order valence-corrected chi connectivity index (χ3v) is 6.94. The lowest BCUT2D eigenvalue weighted by Crippen LogP contribution is -2.58. The summed E-state index contributed by atoms with van der Waals surface area (Å²) in [4.78, 5) is 70.1. The molecule has 0 bridgehead atoms. The Balaban J connectivity index is 1.80. The fourth-order valence-electron chi connectivity index (χ4n) is 4.66. The first-order valence-corrected chi connectivity index (χ1v) is 14.2. The second kappa shape index (κ2) is 16.4. The molecule has 2 aromatic carbocycles. The van der Waals surface area contributed by atoms with Crippen LogP contribution in [-0.2, 0) is 36.8 Å². The number of nitrogens with two attached hydrogens (primary N) is 3. The molecule has 0 fully saturated rings. The van der Waals surface area contributed by atoms with Crippen LogP contribution in [0.15, 0.2) is 65.8 Å². The molecule has 0 radical (unpaired) electrons. The maximum absolute atomic E-state index is 13.6. The predicted octanol–water partition coefficient (Wildman–Crippen LogP) is -0.652. The van der Waals surface area contributed by atoms with Gasteiger partial charge in [-0.2, -0.15) is 0 Å². The van der Waals surface area contributed by atoms with Gasteiger partial charge in [0.2, 0.25) is 17.7 Å². The Morgan fingerprint density at radius 2 is 1.42 bits per heavy atom. The zero-order valence-corrected chi connectivity index (χ0v) is 24.4. The number of nitrogens with one attached hydrogen (secondary N) is 4. The highest BCUT2D eigenvalue weighted by atomic mass is 16.4. The fraction of sp³-hybridized carbons (Fsp3) is 0.333. The van der Waals surface area contributed by atoms with Crippen molar-refractivity contribution < 1.29 is 34.2 Å². The summed E-state index contributed by atoms with van der Waals surface area (Å²) in [6.45, 7) is 0.110. The van der Waals surface area contributed by atoms with Crippen LogP contribution in [0.4, 0.5) is 0 Å². The van der Waals surface area contributed by atoms with Crippen LogP contribution >= 0.6 is 0 Å². The van der Waals surface area contributed by atoms with Gasteiger partial charge in [-0.25, -0.2) is 4.79 Å². The number of H-pyrrole nitrogens is 1. The van der Waals surface area contributed by atoms with Crippen molar-refractivity contribution in [3.05, 3.63) is 71.9 Å². The van der Waals surface area contributed by atoms with Gasteiger partial charge >= 0.3 is 11.9 Å². The van der Waals surface area contributed by atoms with Crippen molar-refractivity contribution in [2.24, 2.45) is 22.2 Å². The largest absolute Gasteiger partial charge is 0.481 e. The third kappa shape index (κ3) is 10.7. The molecule has 1 heterocycles. The van der Waals surface area contributed by atoms with E-state index in [1.54, 1.807) is 18.3 Å². The maximum atomic E-state index is 13.6. The second-order valence-corrected chi connectivity index (χ2v) is 10.4. The van der Waals surface area contributed by atoms with Crippen molar-refractivity contribution >= 4 is 46.5 Å². The minimum Gasteiger partial charge on any atom is -0.481 e. The lowest BCUT2D eigenvalue weighted by molar-refractivity contribution is -0.143. The minimum absolute atomic E-state index is 0.0242. The second-order valence-electron chi connectivity index (χ2n) is 10.4. The quantitative estimate of drug-likeness (QED) is 0.0521. The number of hydrogen-bond donors (Lipinski definition) is 9. The van der Waals surface area contributed by atoms with Crippen LogP contribution in [0.1, 0.15) is 30.4 Å². The summed E-state index contributed by atoms with van der Waals surface area (Å²) in [5.74, 6) is -5.49. The fourth-order valence-corrected chi connectivity index (χ4v) is 4.66. The summed E-state index contributed by atoms with van der Waals surface area (Å²) in [6, 6.07) is 11.0. The molecule has 0 saturated heterocycles. The van der Waals surface area contributed by atoms with Crippen LogP contribution in [0.2, 0.25) is 0 Å². The lowest BCUT2D eigenvalue weighted by atomic mass is 10.0. The van der Waals surface area contributed by atoms with Crippen LogP contribution in [0.3, 0.4) is 0 Å². The lowest BCUT2D eigenvalue weighted by Gasteiger charge is -2.24. The summed E-state index contributed by atoms with van der Waals surface area (Å²) in [6.07, 6.45) is 1.14. The van der Waals surface area contributed by atoms with E-state index >= 15 is 0 Å². The molecule has 0 aliphatic rings. The van der Waals surface area contributed by atoms with Gasteiger partial charge in [-0.15, -0.1) is 0 Å². The van der Waals surface area contributed by atoms with Gasteiger partial charge in [0.15, 0.2) is 5.96 Å². The van der Waals surface area contributed by atoms with Gasteiger partial charge in [0.05, 0.1) is 12.5 Å². The van der Waals surface area contributed by atoms with Gasteiger partial charge in [0.25, 0.3) is 0 Å². The standard InChI is InChI=1S/C30H38N8O7/c31-20(13-17-7-2-1-3-8-17)26(41)37-23(14-18-16-35-21-10-5-4-9-19(18)21)27(42)38-24(15-25(39)40)28(43)36-22(29(44)45)11-6-12-34-30(32)33/h1-5,7-10,16,20,22-24,35H,6,11-15,31H2,(H,36,43)(H,37,41)(H,38,42)(H,39,40)(H,44,45)(H4,32,33,34). The summed E-state index contributed by atoms with van der Waals surface area (Å²) in [7, 11) is 0. The number of carboxylic acid groups (broad SMARTS) is 2. The van der Waals surface area contributed by atoms with E-state index in [4.69, 9.17) is 17.2 Å². The van der Waals surface area contributed by atoms with Gasteiger partial charge < -0.3 is 48.3 Å². The Labute approximate surface area is 258 Å². The summed E-state index contributed by atoms with van der Waals surface area (Å²) < 4.78 is 0. The van der Waals surface area contributed by atoms with Crippen LogP contribution in [0.25, 0.3) is 10.9 Å². The summed E-state index contributed by atoms with van der Waals surface area (Å²) in [5, 5.41) is 27.1. The van der Waals surface area contributed by atoms with E-state index in [-0.39, 0.29) is 38.2 Å². The molecule has 15 nitrogen and oxygen atoms in total. The SMILES string of the molecule is NC(N)=NCCCC(NC(=O)C(CC(=O)O)NC(=O)C(Cc1c[nH]c2ccccc12)NC(=O)C(N)Cc1ccccc1)C(=O)O. The monoisotopic (exact) mass is 622 g/mol. The molecule has 15 heteroatoms. The maximum Gasteiger partial charge on any atom is 0.326 e. The molecular weight excluding hydrogens is 584 g/mol. The van der Waals surface area contributed by atoms with Crippen LogP contribution in [0, 0.1) is 0 Å². The van der Waals surface area contributed by atoms with Gasteiger partial charge in [0.1, 0.15) is 18.1 Å². The highest BCUT2D eigenvalue weighted by Crippen LogP contribution is 2.19. The first-order valence-electron chi connectivity index (χ1n) is 14.2. The average Bonchev–Trinajstić information content (AvgIpc) is 3.40. The van der Waals surface area contributed by atoms with Crippen molar-refractivity contribution in [2.45, 2.75) is 56.3 Å². The number of nitrogens with zero attached hydrogens (tertiary/aromatic N) is 1. The number of aliphatic carboxylic acids is 2. The molecule has 45 heavy (non-hydrogen) atoms. The summed E-state index contributed by atoms with van der Waals surface area (Å²) >= 11 is 0. The number of carbonyl (C=O) groups is 5. The van der Waals surface area contributed by atoms with Crippen molar-refractivity contribution in [3.8, 4) is 0 Å². The molecule has 0 spiro atoms. The van der Waals surface area contributed by atoms with Crippen LogP contribution in [-0.4, -0.2) is 81.5 Å². The van der Waals surface area contributed by atoms with Crippen LogP contribution in [0.5, 0.6) is 0 Å². The van der Waals surface area contributed by atoms with E-state index in [2.05, 4.69) is 25.9 Å². The smallest absolute Gasteiger partial charge is 0.326 e. The highest BCUT2D eigenvalue weighted by Gasteiger charge is 2.32. The van der Waals surface area contributed by atoms with Crippen LogP contribution < -0.4 is 33.2 Å². The van der Waals surface area contributed by atoms with Gasteiger partial charge in [-0.1, -0.05) is 48.5 Å². The van der Waals surface area contributed by atoms with Gasteiger partial charge in [-0.3, -0.25) is 24.2 Å². The van der Waals surface area contributed by atoms with E-state index in [9.17, 15) is 34.2 Å². The third-order valence-electron chi connectivity index (χ3n) is 6.94. The molecule has 4 atom stereocenters. The van der Waals surface area contributed by atoms with Gasteiger partial charge in [-0.05, 0) is 36.5 Å². The number of aromatic nitrogens is 1. The Morgan fingerprint density at radius 3 is 2.09 bits per heavy atom. The molecule has 3 rings (SSSR count). The van der Waals surface area contributed by atoms with E-state index < -0.39 is 60.2 Å². The van der Waals surface area contributed by atoms with E-state index in [1.165, 1.54) is 0 Å². The van der Waals surface area contributed by atoms with Gasteiger partial charge in [0, 0.05) is 30.1 Å². The normalized spacial score (nSPS) is 13.5. The minimum atomic E-state index is -1.66. The molecule has 12 N–H and O–H groups in total. The average molecular weight is 623 g/mol. The Kier molecular flexibility index (Phi) is 12.4. The summed E-state index contributed by atoms with van der Waals surface area (Å²) in [5.41, 5.74) is 19.0. The van der Waals surface area contributed by atoms with E-state index in [0.29, 0.717) is 5.56 Å². The molecule has 240 valence electrons. The van der Waals surface area contributed by atoms with E-state index in [1.807, 2.05) is 42.5 Å². The number of carboxylic acids is 2. The number of carbonyl (C=O) groups excluding carboxylic acids is 3. The Hall–Kier alpha value is -5.44. The zero-order chi connectivity index (χ0) is 32.9. The number of fused-ring (bicyclic) bond motifs is 1. The van der Waals surface area contributed by atoms with Crippen molar-refractivity contribution in [2.75, 3.05) is 6.54 Å². The number of guanidine groups is 1. The van der Waals surface area contributed by atoms with E-state index in [0.717, 1.165) is 16.5 Å². The molecule has 3 aromatic rings. The number of benzene rings is 2. The Bertz CT molecular complexity index is 1520. The van der Waals surface area contributed by atoms with Crippen molar-refractivity contribution in [1.29, 1.82) is 0 Å². The molecule has 4 unspecified atom stereocenters. The highest BCUT2D eigenvalue weighted by molar-refractivity contribution is 5.96. The number of hydrogen-bond acceptors (Lipinski definition) is 7. The van der Waals surface area contributed by atoms with Crippen molar-refractivity contribution in [1.82, 2.24) is 20.9 Å². The predicted molar refractivity (Wildman–Crippen MR) is 166 cm³/mol. The first kappa shape index (κ1) is 34.1. The molecule has 0 aliphatic heterocycles. The number of para-hydroxylation sites is 1. The number of aromatic amines is 1. The number of rotatable bonds is 17. The zero-order valence-electron chi connectivity index (χ0n) is 24.4. The number of amides is 3. The Morgan fingerprint density at radius 1 is 0.800 bits per heavy atom. The molecule has 3 amide bonds. The molecule has 1 aromatic heterocycles. The molecular formula is C30H38N8O7. The first-order chi connectivity index (χ1) is 21.4. The topological polar surface area (TPSA) is 268 Å².